The van der Waals surface area contributed by atoms with Crippen molar-refractivity contribution in [2.24, 2.45) is 0 Å². The molecule has 2 aromatic heterocycles. The van der Waals surface area contributed by atoms with Crippen molar-refractivity contribution in [2.45, 2.75) is 19.8 Å². The highest BCUT2D eigenvalue weighted by Crippen LogP contribution is 2.22. The summed E-state index contributed by atoms with van der Waals surface area (Å²) in [5.41, 5.74) is 6.06. The number of rotatable bonds is 5. The zero-order chi connectivity index (χ0) is 20.4. The van der Waals surface area contributed by atoms with Crippen LogP contribution in [-0.4, -0.2) is 26.8 Å². The van der Waals surface area contributed by atoms with E-state index in [9.17, 15) is 9.59 Å². The number of hydrogen-bond donors (Lipinski definition) is 3. The molecule has 0 saturated carbocycles. The van der Waals surface area contributed by atoms with Crippen LogP contribution >= 0.6 is 11.3 Å². The molecule has 2 aromatic carbocycles. The molecule has 3 N–H and O–H groups in total. The normalized spacial score (nSPS) is 11.9. The maximum Gasteiger partial charge on any atom is 0.275 e. The molecule has 146 valence electrons. The standard InChI is InChI=1S/C21H19N5O2S/c1-12-4-3-5-14(8-12)13(2)19(27)26-21-24-16-7-6-15(9-17(16)25-21)23-20(28)18-10-29-11-22-18/h3-11,13H,1-2H3,(H,23,28)(H2,24,25,26,27). The molecule has 2 heterocycles. The summed E-state index contributed by atoms with van der Waals surface area (Å²) in [6.45, 7) is 3.86. The monoisotopic (exact) mass is 405 g/mol. The number of imidazole rings is 1. The van der Waals surface area contributed by atoms with Crippen LogP contribution in [0.2, 0.25) is 0 Å². The van der Waals surface area contributed by atoms with E-state index in [0.717, 1.165) is 11.1 Å². The van der Waals surface area contributed by atoms with Gasteiger partial charge in [-0.1, -0.05) is 29.8 Å². The van der Waals surface area contributed by atoms with Crippen LogP contribution in [0.1, 0.15) is 34.5 Å². The van der Waals surface area contributed by atoms with Crippen molar-refractivity contribution in [3.8, 4) is 0 Å². The molecule has 7 nitrogen and oxygen atoms in total. The Hall–Kier alpha value is -3.52. The van der Waals surface area contributed by atoms with Gasteiger partial charge in [-0.3, -0.25) is 14.9 Å². The molecule has 0 fully saturated rings. The number of nitrogens with zero attached hydrogens (tertiary/aromatic N) is 2. The van der Waals surface area contributed by atoms with Crippen molar-refractivity contribution in [3.63, 3.8) is 0 Å². The number of aromatic nitrogens is 3. The van der Waals surface area contributed by atoms with Crippen LogP contribution in [0.25, 0.3) is 11.0 Å². The van der Waals surface area contributed by atoms with Gasteiger partial charge in [0.2, 0.25) is 11.9 Å². The number of carbonyl (C=O) groups excluding carboxylic acids is 2. The number of carbonyl (C=O) groups is 2. The molecule has 0 aliphatic carbocycles. The minimum Gasteiger partial charge on any atom is -0.324 e. The third-order valence-corrected chi connectivity index (χ3v) is 5.17. The summed E-state index contributed by atoms with van der Waals surface area (Å²) in [5, 5.41) is 7.32. The number of benzene rings is 2. The second-order valence-corrected chi connectivity index (χ2v) is 7.49. The summed E-state index contributed by atoms with van der Waals surface area (Å²) >= 11 is 1.36. The van der Waals surface area contributed by atoms with E-state index in [0.29, 0.717) is 28.4 Å². The number of amides is 2. The summed E-state index contributed by atoms with van der Waals surface area (Å²) < 4.78 is 0. The van der Waals surface area contributed by atoms with Crippen LogP contribution in [0.15, 0.2) is 53.4 Å². The van der Waals surface area contributed by atoms with Gasteiger partial charge in [-0.25, -0.2) is 9.97 Å². The predicted octanol–water partition coefficient (Wildman–Crippen LogP) is 4.32. The summed E-state index contributed by atoms with van der Waals surface area (Å²) in [6, 6.07) is 13.2. The molecule has 4 rings (SSSR count). The highest BCUT2D eigenvalue weighted by Gasteiger charge is 2.17. The molecule has 0 saturated heterocycles. The highest BCUT2D eigenvalue weighted by atomic mass is 32.1. The second-order valence-electron chi connectivity index (χ2n) is 6.77. The largest absolute Gasteiger partial charge is 0.324 e. The van der Waals surface area contributed by atoms with Gasteiger partial charge in [-0.2, -0.15) is 0 Å². The van der Waals surface area contributed by atoms with Crippen molar-refractivity contribution < 1.29 is 9.59 Å². The highest BCUT2D eigenvalue weighted by molar-refractivity contribution is 7.07. The maximum atomic E-state index is 12.6. The van der Waals surface area contributed by atoms with E-state index in [2.05, 4.69) is 25.6 Å². The van der Waals surface area contributed by atoms with E-state index < -0.39 is 0 Å². The average molecular weight is 405 g/mol. The Balaban J connectivity index is 1.48. The third kappa shape index (κ3) is 4.17. The topological polar surface area (TPSA) is 99.8 Å². The Morgan fingerprint density at radius 2 is 2.00 bits per heavy atom. The molecule has 1 atom stereocenters. The van der Waals surface area contributed by atoms with E-state index in [4.69, 9.17) is 0 Å². The smallest absolute Gasteiger partial charge is 0.275 e. The SMILES string of the molecule is Cc1cccc(C(C)C(=O)Nc2nc3ccc(NC(=O)c4cscn4)cc3[nH]2)c1. The van der Waals surface area contributed by atoms with Gasteiger partial charge >= 0.3 is 0 Å². The Morgan fingerprint density at radius 1 is 1.14 bits per heavy atom. The van der Waals surface area contributed by atoms with E-state index in [-0.39, 0.29) is 17.7 Å². The van der Waals surface area contributed by atoms with Crippen LogP contribution < -0.4 is 10.6 Å². The van der Waals surface area contributed by atoms with Gasteiger partial charge in [0.15, 0.2) is 0 Å². The number of hydrogen-bond acceptors (Lipinski definition) is 5. The number of aryl methyl sites for hydroxylation is 1. The van der Waals surface area contributed by atoms with Crippen LogP contribution in [0.5, 0.6) is 0 Å². The molecule has 1 unspecified atom stereocenters. The van der Waals surface area contributed by atoms with Crippen molar-refractivity contribution in [2.75, 3.05) is 10.6 Å². The maximum absolute atomic E-state index is 12.6. The first-order valence-electron chi connectivity index (χ1n) is 9.06. The number of thiazole rings is 1. The van der Waals surface area contributed by atoms with Crippen molar-refractivity contribution in [1.29, 1.82) is 0 Å². The first kappa shape index (κ1) is 18.8. The summed E-state index contributed by atoms with van der Waals surface area (Å²) in [7, 11) is 0. The van der Waals surface area contributed by atoms with Crippen LogP contribution in [0, 0.1) is 6.92 Å². The van der Waals surface area contributed by atoms with Crippen LogP contribution in [0.3, 0.4) is 0 Å². The molecular formula is C21H19N5O2S. The second kappa shape index (κ2) is 7.84. The lowest BCUT2D eigenvalue weighted by Gasteiger charge is -2.11. The molecule has 29 heavy (non-hydrogen) atoms. The molecule has 0 radical (unpaired) electrons. The molecular weight excluding hydrogens is 386 g/mol. The predicted molar refractivity (Wildman–Crippen MR) is 114 cm³/mol. The molecule has 0 aliphatic heterocycles. The van der Waals surface area contributed by atoms with Gasteiger partial charge < -0.3 is 10.3 Å². The zero-order valence-electron chi connectivity index (χ0n) is 15.9. The molecule has 0 spiro atoms. The minimum atomic E-state index is -0.309. The van der Waals surface area contributed by atoms with E-state index in [1.807, 2.05) is 38.1 Å². The number of nitrogens with one attached hydrogen (secondary N) is 3. The Bertz CT molecular complexity index is 1180. The summed E-state index contributed by atoms with van der Waals surface area (Å²) in [6.07, 6.45) is 0. The van der Waals surface area contributed by atoms with Gasteiger partial charge in [-0.05, 0) is 37.6 Å². The van der Waals surface area contributed by atoms with Gasteiger partial charge in [0.25, 0.3) is 5.91 Å². The van der Waals surface area contributed by atoms with Gasteiger partial charge in [0.1, 0.15) is 5.69 Å². The summed E-state index contributed by atoms with van der Waals surface area (Å²) in [5.74, 6) is -0.360. The summed E-state index contributed by atoms with van der Waals surface area (Å²) in [4.78, 5) is 36.2. The fourth-order valence-corrected chi connectivity index (χ4v) is 3.51. The third-order valence-electron chi connectivity index (χ3n) is 4.58. The average Bonchev–Trinajstić information content (AvgIpc) is 3.36. The lowest BCUT2D eigenvalue weighted by Crippen LogP contribution is -2.19. The Kier molecular flexibility index (Phi) is 5.09. The number of aromatic amines is 1. The van der Waals surface area contributed by atoms with E-state index in [1.165, 1.54) is 11.3 Å². The van der Waals surface area contributed by atoms with E-state index >= 15 is 0 Å². The van der Waals surface area contributed by atoms with Crippen LogP contribution in [-0.2, 0) is 4.79 Å². The number of anilines is 2. The minimum absolute atomic E-state index is 0.147. The quantitative estimate of drug-likeness (QED) is 0.460. The van der Waals surface area contributed by atoms with Gasteiger partial charge in [0, 0.05) is 11.1 Å². The van der Waals surface area contributed by atoms with E-state index in [1.54, 1.807) is 29.1 Å². The number of fused-ring (bicyclic) bond motifs is 1. The first-order chi connectivity index (χ1) is 14.0. The number of H-pyrrole nitrogens is 1. The van der Waals surface area contributed by atoms with Crippen LogP contribution in [0.4, 0.5) is 11.6 Å². The molecule has 0 bridgehead atoms. The Labute approximate surface area is 171 Å². The fourth-order valence-electron chi connectivity index (χ4n) is 2.98. The lowest BCUT2D eigenvalue weighted by molar-refractivity contribution is -0.117. The molecule has 0 aliphatic rings. The fraction of sp³-hybridized carbons (Fsp3) is 0.143. The van der Waals surface area contributed by atoms with Gasteiger partial charge in [-0.15, -0.1) is 11.3 Å². The molecule has 8 heteroatoms. The van der Waals surface area contributed by atoms with Crippen molar-refractivity contribution >= 4 is 45.8 Å². The lowest BCUT2D eigenvalue weighted by atomic mass is 9.99. The van der Waals surface area contributed by atoms with Crippen molar-refractivity contribution in [1.82, 2.24) is 15.0 Å². The zero-order valence-corrected chi connectivity index (χ0v) is 16.7. The molecule has 4 aromatic rings. The molecule has 2 amide bonds. The first-order valence-corrected chi connectivity index (χ1v) is 10.0. The Morgan fingerprint density at radius 3 is 2.76 bits per heavy atom. The van der Waals surface area contributed by atoms with Gasteiger partial charge in [0.05, 0.1) is 22.5 Å². The van der Waals surface area contributed by atoms with Crippen molar-refractivity contribution in [3.05, 3.63) is 70.2 Å².